The number of rotatable bonds is 7. The molecule has 0 radical (unpaired) electrons. The quantitative estimate of drug-likeness (QED) is 0.605. The molecule has 1 atom stereocenters. The van der Waals surface area contributed by atoms with Gasteiger partial charge in [-0.2, -0.15) is 8.42 Å². The minimum Gasteiger partial charge on any atom is -0.483 e. The molecule has 3 rings (SSSR count). The van der Waals surface area contributed by atoms with Crippen molar-refractivity contribution in [1.29, 1.82) is 0 Å². The molecule has 0 aliphatic heterocycles. The van der Waals surface area contributed by atoms with Crippen LogP contribution >= 0.6 is 11.3 Å². The predicted molar refractivity (Wildman–Crippen MR) is 108 cm³/mol. The van der Waals surface area contributed by atoms with Gasteiger partial charge in [0.25, 0.3) is 20.3 Å². The number of amides is 2. The number of aromatic nitrogens is 2. The summed E-state index contributed by atoms with van der Waals surface area (Å²) in [5.74, 6) is -1.04. The van der Waals surface area contributed by atoms with Crippen molar-refractivity contribution in [3.63, 3.8) is 0 Å². The molecular weight excluding hydrogens is 432 g/mol. The number of fused-ring (bicyclic) bond motifs is 1. The molecule has 0 bridgehead atoms. The number of benzene rings is 1. The van der Waals surface area contributed by atoms with Crippen LogP contribution in [0.4, 0.5) is 5.13 Å². The second-order valence-corrected chi connectivity index (χ2v) is 9.62. The lowest BCUT2D eigenvalue weighted by Gasteiger charge is -2.13. The van der Waals surface area contributed by atoms with Crippen molar-refractivity contribution in [1.82, 2.24) is 14.9 Å². The first kappa shape index (κ1) is 21.8. The fraction of sp³-hybridized carbons (Fsp3) is 0.389. The van der Waals surface area contributed by atoms with Crippen LogP contribution in [0.3, 0.4) is 0 Å². The minimum atomic E-state index is -4.28. The van der Waals surface area contributed by atoms with Crippen LogP contribution in [0.25, 0.3) is 0 Å². The Balaban J connectivity index is 1.67. The van der Waals surface area contributed by atoms with Gasteiger partial charge in [-0.05, 0) is 30.0 Å². The highest BCUT2D eigenvalue weighted by Gasteiger charge is 2.31. The van der Waals surface area contributed by atoms with Crippen LogP contribution in [0.15, 0.2) is 16.5 Å². The summed E-state index contributed by atoms with van der Waals surface area (Å²) in [4.78, 5) is 35.8. The standard InChI is InChI=1S/C18H20N4O6S2/c1-4-13(24)19-17-20-21-18(29-17)30(26,27)22-14(25)8-28-12-6-5-9(2)15-10(3)7-11(23)16(12)15/h5-6,10H,4,7-8H2,1-3H3,(H,22,25)(H,19,20,24). The van der Waals surface area contributed by atoms with E-state index in [-0.39, 0.29) is 34.9 Å². The summed E-state index contributed by atoms with van der Waals surface area (Å²) in [5.41, 5.74) is 2.30. The van der Waals surface area contributed by atoms with E-state index in [0.717, 1.165) is 11.1 Å². The summed E-state index contributed by atoms with van der Waals surface area (Å²) in [6.07, 6.45) is 0.560. The molecule has 2 amide bonds. The number of nitrogens with zero attached hydrogens (tertiary/aromatic N) is 2. The monoisotopic (exact) mass is 452 g/mol. The molecule has 0 spiro atoms. The Morgan fingerprint density at radius 3 is 2.70 bits per heavy atom. The third kappa shape index (κ3) is 4.49. The Kier molecular flexibility index (Phi) is 6.17. The number of nitrogens with one attached hydrogen (secondary N) is 2. The first-order valence-corrected chi connectivity index (χ1v) is 11.4. The highest BCUT2D eigenvalue weighted by Crippen LogP contribution is 2.40. The van der Waals surface area contributed by atoms with Crippen LogP contribution in [0, 0.1) is 6.92 Å². The number of ether oxygens (including phenoxy) is 1. The average molecular weight is 453 g/mol. The lowest BCUT2D eigenvalue weighted by Crippen LogP contribution is -2.34. The van der Waals surface area contributed by atoms with Crippen molar-refractivity contribution in [2.75, 3.05) is 11.9 Å². The smallest absolute Gasteiger partial charge is 0.293 e. The molecule has 12 heteroatoms. The van der Waals surface area contributed by atoms with E-state index in [2.05, 4.69) is 15.5 Å². The Bertz CT molecular complexity index is 1130. The number of aryl methyl sites for hydroxylation is 1. The van der Waals surface area contributed by atoms with Gasteiger partial charge < -0.3 is 10.1 Å². The van der Waals surface area contributed by atoms with Gasteiger partial charge >= 0.3 is 0 Å². The number of carbonyl (C=O) groups excluding carboxylic acids is 3. The third-order valence-corrected chi connectivity index (χ3v) is 7.08. The van der Waals surface area contributed by atoms with E-state index in [0.29, 0.717) is 23.3 Å². The third-order valence-electron chi connectivity index (χ3n) is 4.50. The molecule has 1 unspecified atom stereocenters. The van der Waals surface area contributed by atoms with E-state index in [1.165, 1.54) is 0 Å². The van der Waals surface area contributed by atoms with Crippen LogP contribution in [0.1, 0.15) is 54.1 Å². The van der Waals surface area contributed by atoms with Gasteiger partial charge in [0.05, 0.1) is 5.56 Å². The molecular formula is C18H20N4O6S2. The molecule has 0 saturated heterocycles. The molecule has 0 fully saturated rings. The van der Waals surface area contributed by atoms with Crippen LogP contribution < -0.4 is 14.8 Å². The number of sulfonamides is 1. The summed E-state index contributed by atoms with van der Waals surface area (Å²) < 4.78 is 31.4. The van der Waals surface area contributed by atoms with Gasteiger partial charge in [-0.25, -0.2) is 4.72 Å². The van der Waals surface area contributed by atoms with Gasteiger partial charge in [0.15, 0.2) is 12.4 Å². The van der Waals surface area contributed by atoms with Crippen LogP contribution in [0.5, 0.6) is 5.75 Å². The van der Waals surface area contributed by atoms with Gasteiger partial charge in [-0.3, -0.25) is 14.4 Å². The lowest BCUT2D eigenvalue weighted by molar-refractivity contribution is -0.121. The van der Waals surface area contributed by atoms with Crippen LogP contribution in [-0.2, 0) is 19.6 Å². The summed E-state index contributed by atoms with van der Waals surface area (Å²) in [7, 11) is -4.28. The van der Waals surface area contributed by atoms with Crippen LogP contribution in [0.2, 0.25) is 0 Å². The van der Waals surface area contributed by atoms with Gasteiger partial charge in [-0.15, -0.1) is 10.2 Å². The van der Waals surface area contributed by atoms with E-state index in [1.807, 2.05) is 18.6 Å². The molecule has 1 aliphatic rings. The Labute approximate surface area is 177 Å². The average Bonchev–Trinajstić information content (AvgIpc) is 3.26. The zero-order valence-electron chi connectivity index (χ0n) is 16.5. The van der Waals surface area contributed by atoms with Gasteiger partial charge in [0.2, 0.25) is 11.0 Å². The van der Waals surface area contributed by atoms with Crippen molar-refractivity contribution in [3.05, 3.63) is 28.8 Å². The van der Waals surface area contributed by atoms with Crippen molar-refractivity contribution in [2.24, 2.45) is 0 Å². The largest absolute Gasteiger partial charge is 0.483 e. The van der Waals surface area contributed by atoms with Crippen molar-refractivity contribution in [2.45, 2.75) is 43.9 Å². The fourth-order valence-electron chi connectivity index (χ4n) is 3.17. The van der Waals surface area contributed by atoms with Gasteiger partial charge in [-0.1, -0.05) is 31.3 Å². The van der Waals surface area contributed by atoms with Crippen molar-refractivity contribution < 1.29 is 27.5 Å². The molecule has 10 nitrogen and oxygen atoms in total. The van der Waals surface area contributed by atoms with Gasteiger partial charge in [0.1, 0.15) is 5.75 Å². The summed E-state index contributed by atoms with van der Waals surface area (Å²) >= 11 is 0.616. The number of hydrogen-bond donors (Lipinski definition) is 2. The Morgan fingerprint density at radius 1 is 1.27 bits per heavy atom. The Hall–Kier alpha value is -2.86. The summed E-state index contributed by atoms with van der Waals surface area (Å²) in [5, 5.41) is 9.46. The highest BCUT2D eigenvalue weighted by molar-refractivity contribution is 7.92. The number of anilines is 1. The topological polar surface area (TPSA) is 144 Å². The molecule has 1 aliphatic carbocycles. The van der Waals surface area contributed by atoms with Gasteiger partial charge in [0, 0.05) is 12.8 Å². The lowest BCUT2D eigenvalue weighted by atomic mass is 9.97. The molecule has 160 valence electrons. The first-order chi connectivity index (χ1) is 14.1. The summed E-state index contributed by atoms with van der Waals surface area (Å²) in [6.45, 7) is 4.87. The zero-order chi connectivity index (χ0) is 22.1. The van der Waals surface area contributed by atoms with E-state index in [4.69, 9.17) is 4.74 Å². The molecule has 0 saturated carbocycles. The van der Waals surface area contributed by atoms with Crippen molar-refractivity contribution in [3.8, 4) is 5.75 Å². The maximum Gasteiger partial charge on any atom is 0.293 e. The summed E-state index contributed by atoms with van der Waals surface area (Å²) in [6, 6.07) is 3.39. The number of carbonyl (C=O) groups is 3. The second-order valence-electron chi connectivity index (χ2n) is 6.79. The Morgan fingerprint density at radius 2 is 2.00 bits per heavy atom. The number of hydrogen-bond acceptors (Lipinski definition) is 9. The maximum atomic E-state index is 12.3. The first-order valence-electron chi connectivity index (χ1n) is 9.10. The maximum absolute atomic E-state index is 12.3. The van der Waals surface area contributed by atoms with Crippen LogP contribution in [-0.4, -0.2) is 42.8 Å². The molecule has 1 heterocycles. The molecule has 30 heavy (non-hydrogen) atoms. The van der Waals surface area contributed by atoms with E-state index in [9.17, 15) is 22.8 Å². The fourth-order valence-corrected chi connectivity index (χ4v) is 5.06. The normalized spacial score (nSPS) is 15.6. The molecule has 2 N–H and O–H groups in total. The highest BCUT2D eigenvalue weighted by atomic mass is 32.2. The SMILES string of the molecule is CCC(=O)Nc1nnc(S(=O)(=O)NC(=O)COc2ccc(C)c3c2C(=O)CC3C)s1. The number of ketones is 1. The molecule has 1 aromatic carbocycles. The molecule has 2 aromatic rings. The van der Waals surface area contributed by atoms with Crippen molar-refractivity contribution >= 4 is 44.1 Å². The molecule has 1 aromatic heterocycles. The second kappa shape index (κ2) is 8.48. The van der Waals surface area contributed by atoms with E-state index >= 15 is 0 Å². The number of Topliss-reactive ketones (excluding diaryl/α,β-unsaturated/α-hetero) is 1. The zero-order valence-corrected chi connectivity index (χ0v) is 18.1. The minimum absolute atomic E-state index is 0.00812. The van der Waals surface area contributed by atoms with E-state index in [1.54, 1.807) is 19.1 Å². The predicted octanol–water partition coefficient (Wildman–Crippen LogP) is 1.77. The van der Waals surface area contributed by atoms with E-state index < -0.39 is 26.9 Å².